The Bertz CT molecular complexity index is 700. The molecule has 3 rings (SSSR count). The molecule has 0 aliphatic carbocycles. The van der Waals surface area contributed by atoms with Crippen LogP contribution in [0, 0.1) is 0 Å². The van der Waals surface area contributed by atoms with Crippen LogP contribution >= 0.6 is 11.8 Å². The van der Waals surface area contributed by atoms with E-state index in [4.69, 9.17) is 4.74 Å². The van der Waals surface area contributed by atoms with Crippen LogP contribution in [0.2, 0.25) is 0 Å². The molecule has 1 aromatic heterocycles. The summed E-state index contributed by atoms with van der Waals surface area (Å²) in [7, 11) is 0. The fourth-order valence-corrected chi connectivity index (χ4v) is 3.53. The third-order valence-corrected chi connectivity index (χ3v) is 5.08. The molecule has 8 heteroatoms. The number of rotatable bonds is 6. The van der Waals surface area contributed by atoms with Crippen molar-refractivity contribution in [1.82, 2.24) is 14.8 Å². The average molecular weight is 361 g/mol. The van der Waals surface area contributed by atoms with Gasteiger partial charge in [-0.15, -0.1) is 10.2 Å². The smallest absolute Gasteiger partial charge is 0.237 e. The lowest BCUT2D eigenvalue weighted by Crippen LogP contribution is -2.38. The van der Waals surface area contributed by atoms with Gasteiger partial charge in [-0.25, -0.2) is 0 Å². The molecule has 1 atom stereocenters. The van der Waals surface area contributed by atoms with Gasteiger partial charge in [-0.1, -0.05) is 30.0 Å². The first-order chi connectivity index (χ1) is 12.2. The summed E-state index contributed by atoms with van der Waals surface area (Å²) in [6, 6.07) is 9.47. The molecule has 25 heavy (non-hydrogen) atoms. The topological polar surface area (TPSA) is 72.3 Å². The molecule has 0 radical (unpaired) electrons. The van der Waals surface area contributed by atoms with E-state index < -0.39 is 0 Å². The molecule has 134 valence electrons. The quantitative estimate of drug-likeness (QED) is 0.796. The van der Waals surface area contributed by atoms with E-state index in [1.807, 2.05) is 37.3 Å². The van der Waals surface area contributed by atoms with Crippen molar-refractivity contribution in [3.63, 3.8) is 0 Å². The largest absolute Gasteiger partial charge is 0.378 e. The standard InChI is InChI=1S/C17H23N5O2S/c1-3-22-16(21-9-11-24-12-10-21)19-20-17(22)25-13(2)15(23)18-14-7-5-4-6-8-14/h4-8,13H,3,9-12H2,1-2H3,(H,18,23). The number of carbonyl (C=O) groups excluding carboxylic acids is 1. The van der Waals surface area contributed by atoms with Crippen LogP contribution < -0.4 is 10.2 Å². The maximum Gasteiger partial charge on any atom is 0.237 e. The maximum absolute atomic E-state index is 12.4. The summed E-state index contributed by atoms with van der Waals surface area (Å²) in [6.07, 6.45) is 0. The van der Waals surface area contributed by atoms with Gasteiger partial charge in [0.25, 0.3) is 0 Å². The van der Waals surface area contributed by atoms with Crippen molar-refractivity contribution in [2.24, 2.45) is 0 Å². The Labute approximate surface area is 151 Å². The van der Waals surface area contributed by atoms with Crippen molar-refractivity contribution < 1.29 is 9.53 Å². The van der Waals surface area contributed by atoms with Crippen LogP contribution in [0.25, 0.3) is 0 Å². The Hall–Kier alpha value is -2.06. The van der Waals surface area contributed by atoms with Crippen LogP contribution in [-0.2, 0) is 16.1 Å². The van der Waals surface area contributed by atoms with Gasteiger partial charge in [0.2, 0.25) is 11.9 Å². The second-order valence-electron chi connectivity index (χ2n) is 5.74. The van der Waals surface area contributed by atoms with Crippen molar-refractivity contribution in [1.29, 1.82) is 0 Å². The summed E-state index contributed by atoms with van der Waals surface area (Å²) in [6.45, 7) is 7.73. The lowest BCUT2D eigenvalue weighted by molar-refractivity contribution is -0.115. The second kappa shape index (κ2) is 8.35. The highest BCUT2D eigenvalue weighted by Crippen LogP contribution is 2.26. The minimum absolute atomic E-state index is 0.0465. The number of ether oxygens (including phenoxy) is 1. The van der Waals surface area contributed by atoms with Gasteiger partial charge in [-0.3, -0.25) is 9.36 Å². The molecule has 1 saturated heterocycles. The van der Waals surface area contributed by atoms with E-state index >= 15 is 0 Å². The molecular weight excluding hydrogens is 338 g/mol. The monoisotopic (exact) mass is 361 g/mol. The van der Waals surface area contributed by atoms with Gasteiger partial charge in [0, 0.05) is 25.3 Å². The van der Waals surface area contributed by atoms with Crippen molar-refractivity contribution >= 4 is 29.3 Å². The summed E-state index contributed by atoms with van der Waals surface area (Å²) in [5.74, 6) is 0.804. The van der Waals surface area contributed by atoms with E-state index in [2.05, 4.69) is 31.9 Å². The normalized spacial score (nSPS) is 15.8. The average Bonchev–Trinajstić information content (AvgIpc) is 3.05. The molecule has 1 fully saturated rings. The van der Waals surface area contributed by atoms with Crippen LogP contribution in [0.15, 0.2) is 35.5 Å². The molecule has 1 unspecified atom stereocenters. The number of morpholine rings is 1. The molecule has 0 saturated carbocycles. The lowest BCUT2D eigenvalue weighted by Gasteiger charge is -2.27. The molecule has 1 aliphatic heterocycles. The van der Waals surface area contributed by atoms with Gasteiger partial charge < -0.3 is 15.0 Å². The number of aromatic nitrogens is 3. The Kier molecular flexibility index (Phi) is 5.93. The van der Waals surface area contributed by atoms with Gasteiger partial charge in [-0.2, -0.15) is 0 Å². The summed E-state index contributed by atoms with van der Waals surface area (Å²) >= 11 is 1.43. The molecule has 1 aliphatic rings. The Morgan fingerprint density at radius 2 is 2.00 bits per heavy atom. The van der Waals surface area contributed by atoms with Crippen LogP contribution in [0.3, 0.4) is 0 Å². The molecule has 2 aromatic rings. The molecular formula is C17H23N5O2S. The summed E-state index contributed by atoms with van der Waals surface area (Å²) in [5, 5.41) is 12.1. The van der Waals surface area contributed by atoms with Gasteiger partial charge >= 0.3 is 0 Å². The number of thioether (sulfide) groups is 1. The highest BCUT2D eigenvalue weighted by atomic mass is 32.2. The molecule has 1 N–H and O–H groups in total. The van der Waals surface area contributed by atoms with Crippen LogP contribution in [0.1, 0.15) is 13.8 Å². The number of hydrogen-bond acceptors (Lipinski definition) is 6. The third-order valence-electron chi connectivity index (χ3n) is 4.00. The van der Waals surface area contributed by atoms with Crippen LogP contribution in [0.4, 0.5) is 11.6 Å². The predicted octanol–water partition coefficient (Wildman–Crippen LogP) is 2.25. The van der Waals surface area contributed by atoms with Gasteiger partial charge in [0.05, 0.1) is 18.5 Å². The second-order valence-corrected chi connectivity index (χ2v) is 7.05. The van der Waals surface area contributed by atoms with Crippen molar-refractivity contribution in [3.8, 4) is 0 Å². The summed E-state index contributed by atoms with van der Waals surface area (Å²) in [5.41, 5.74) is 0.797. The molecule has 1 amide bonds. The van der Waals surface area contributed by atoms with E-state index in [9.17, 15) is 4.79 Å². The van der Waals surface area contributed by atoms with E-state index in [0.29, 0.717) is 13.2 Å². The van der Waals surface area contributed by atoms with Crippen LogP contribution in [0.5, 0.6) is 0 Å². The number of anilines is 2. The molecule has 7 nitrogen and oxygen atoms in total. The van der Waals surface area contributed by atoms with Gasteiger partial charge in [0.1, 0.15) is 0 Å². The number of nitrogens with one attached hydrogen (secondary N) is 1. The highest BCUT2D eigenvalue weighted by Gasteiger charge is 2.23. The molecule has 0 spiro atoms. The first kappa shape index (κ1) is 17.8. The first-order valence-corrected chi connectivity index (χ1v) is 9.35. The Balaban J connectivity index is 1.67. The van der Waals surface area contributed by atoms with E-state index in [1.54, 1.807) is 0 Å². The molecule has 2 heterocycles. The van der Waals surface area contributed by atoms with E-state index in [0.717, 1.165) is 36.4 Å². The lowest BCUT2D eigenvalue weighted by atomic mass is 10.3. The fourth-order valence-electron chi connectivity index (χ4n) is 2.62. The Morgan fingerprint density at radius 1 is 1.28 bits per heavy atom. The summed E-state index contributed by atoms with van der Waals surface area (Å²) < 4.78 is 7.45. The van der Waals surface area contributed by atoms with E-state index in [-0.39, 0.29) is 11.2 Å². The highest BCUT2D eigenvalue weighted by molar-refractivity contribution is 8.00. The number of amides is 1. The fraction of sp³-hybridized carbons (Fsp3) is 0.471. The zero-order chi connectivity index (χ0) is 17.6. The number of hydrogen-bond donors (Lipinski definition) is 1. The molecule has 0 bridgehead atoms. The minimum Gasteiger partial charge on any atom is -0.378 e. The predicted molar refractivity (Wildman–Crippen MR) is 99.1 cm³/mol. The van der Waals surface area contributed by atoms with Crippen LogP contribution in [-0.4, -0.2) is 52.2 Å². The number of benzene rings is 1. The maximum atomic E-state index is 12.4. The van der Waals surface area contributed by atoms with Crippen molar-refractivity contribution in [2.45, 2.75) is 30.8 Å². The van der Waals surface area contributed by atoms with E-state index in [1.165, 1.54) is 11.8 Å². The zero-order valence-electron chi connectivity index (χ0n) is 14.5. The minimum atomic E-state index is -0.271. The van der Waals surface area contributed by atoms with Crippen molar-refractivity contribution in [2.75, 3.05) is 36.5 Å². The SMILES string of the molecule is CCn1c(SC(C)C(=O)Nc2ccccc2)nnc1N1CCOCC1. The van der Waals surface area contributed by atoms with Crippen molar-refractivity contribution in [3.05, 3.63) is 30.3 Å². The Morgan fingerprint density at radius 3 is 2.68 bits per heavy atom. The summed E-state index contributed by atoms with van der Waals surface area (Å²) in [4.78, 5) is 14.6. The number of para-hydroxylation sites is 1. The number of carbonyl (C=O) groups is 1. The first-order valence-electron chi connectivity index (χ1n) is 8.47. The molecule has 1 aromatic carbocycles. The number of nitrogens with zero attached hydrogens (tertiary/aromatic N) is 4. The zero-order valence-corrected chi connectivity index (χ0v) is 15.3. The van der Waals surface area contributed by atoms with Gasteiger partial charge in [0.15, 0.2) is 5.16 Å². The third kappa shape index (κ3) is 4.32. The van der Waals surface area contributed by atoms with Gasteiger partial charge in [-0.05, 0) is 26.0 Å².